The van der Waals surface area contributed by atoms with Gasteiger partial charge in [-0.25, -0.2) is 9.78 Å². The van der Waals surface area contributed by atoms with Crippen molar-refractivity contribution in [2.45, 2.75) is 58.9 Å². The number of pyridine rings is 1. The minimum atomic E-state index is -0.858. The van der Waals surface area contributed by atoms with Gasteiger partial charge in [0.05, 0.1) is 25.1 Å². The molecule has 3 aliphatic heterocycles. The lowest BCUT2D eigenvalue weighted by Gasteiger charge is -2.45. The number of carbonyl (C=O) groups excluding carboxylic acids is 1. The Morgan fingerprint density at radius 1 is 1.03 bits per heavy atom. The van der Waals surface area contributed by atoms with E-state index in [0.29, 0.717) is 51.9 Å². The largest absolute Gasteiger partial charge is 0.465 e. The van der Waals surface area contributed by atoms with Gasteiger partial charge in [0, 0.05) is 51.9 Å². The molecule has 0 aromatic carbocycles. The van der Waals surface area contributed by atoms with Gasteiger partial charge in [0.15, 0.2) is 0 Å². The molecule has 4 rings (SSSR count). The summed E-state index contributed by atoms with van der Waals surface area (Å²) in [6.07, 6.45) is 4.79. The lowest BCUT2D eigenvalue weighted by Crippen LogP contribution is -2.53. The molecule has 0 spiro atoms. The number of ether oxygens (including phenoxy) is 2. The highest BCUT2D eigenvalue weighted by Gasteiger charge is 2.39. The number of rotatable bonds is 6. The Morgan fingerprint density at radius 3 is 2.33 bits per heavy atom. The Balaban J connectivity index is 1.51. The van der Waals surface area contributed by atoms with Crippen molar-refractivity contribution in [2.75, 3.05) is 62.4 Å². The third-order valence-corrected chi connectivity index (χ3v) is 7.88. The van der Waals surface area contributed by atoms with E-state index < -0.39 is 6.09 Å². The van der Waals surface area contributed by atoms with Gasteiger partial charge in [0.25, 0.3) is 0 Å². The molecule has 0 bridgehead atoms. The fourth-order valence-corrected chi connectivity index (χ4v) is 5.69. The summed E-state index contributed by atoms with van der Waals surface area (Å²) in [6.45, 7) is 11.8. The van der Waals surface area contributed by atoms with Crippen LogP contribution in [0, 0.1) is 17.3 Å². The van der Waals surface area contributed by atoms with Gasteiger partial charge in [0.2, 0.25) is 5.91 Å². The summed E-state index contributed by atoms with van der Waals surface area (Å²) in [5, 5.41) is 9.75. The second-order valence-corrected chi connectivity index (χ2v) is 11.5. The normalized spacial score (nSPS) is 24.0. The number of morpholine rings is 1. The number of piperidine rings is 1. The molecule has 36 heavy (non-hydrogen) atoms. The van der Waals surface area contributed by atoms with Crippen molar-refractivity contribution in [1.82, 2.24) is 9.88 Å². The summed E-state index contributed by atoms with van der Waals surface area (Å²) in [4.78, 5) is 35.9. The average Bonchev–Trinajstić information content (AvgIpc) is 2.88. The molecule has 1 aromatic rings. The summed E-state index contributed by atoms with van der Waals surface area (Å²) in [5.74, 6) is 1.59. The number of amides is 2. The monoisotopic (exact) mass is 502 g/mol. The second kappa shape index (κ2) is 11.8. The number of nitrogens with zero attached hydrogens (tertiary/aromatic N) is 4. The van der Waals surface area contributed by atoms with Crippen LogP contribution in [0.15, 0.2) is 18.3 Å². The zero-order valence-electron chi connectivity index (χ0n) is 22.0. The molecular weight excluding hydrogens is 460 g/mol. The highest BCUT2D eigenvalue weighted by atomic mass is 16.5. The van der Waals surface area contributed by atoms with Gasteiger partial charge >= 0.3 is 6.09 Å². The van der Waals surface area contributed by atoms with Crippen molar-refractivity contribution in [2.24, 2.45) is 17.3 Å². The predicted octanol–water partition coefficient (Wildman–Crippen LogP) is 3.87. The highest BCUT2D eigenvalue weighted by molar-refractivity contribution is 5.93. The Bertz CT molecular complexity index is 875. The van der Waals surface area contributed by atoms with Crippen LogP contribution < -0.4 is 9.80 Å². The molecule has 3 saturated heterocycles. The van der Waals surface area contributed by atoms with E-state index in [4.69, 9.17) is 14.5 Å². The van der Waals surface area contributed by atoms with Crippen LogP contribution in [0.3, 0.4) is 0 Å². The van der Waals surface area contributed by atoms with Crippen LogP contribution in [0.2, 0.25) is 0 Å². The Kier molecular flexibility index (Phi) is 8.72. The average molecular weight is 503 g/mol. The van der Waals surface area contributed by atoms with Gasteiger partial charge in [-0.3, -0.25) is 4.79 Å². The van der Waals surface area contributed by atoms with Crippen molar-refractivity contribution >= 4 is 23.5 Å². The summed E-state index contributed by atoms with van der Waals surface area (Å²) in [6, 6.07) is 3.93. The van der Waals surface area contributed by atoms with E-state index in [2.05, 4.69) is 25.7 Å². The maximum absolute atomic E-state index is 13.6. The van der Waals surface area contributed by atoms with E-state index in [0.717, 1.165) is 50.3 Å². The molecule has 9 heteroatoms. The number of carboxylic acid groups (broad SMARTS) is 1. The van der Waals surface area contributed by atoms with Crippen molar-refractivity contribution in [1.29, 1.82) is 0 Å². The number of aromatic nitrogens is 1. The molecule has 1 aromatic heterocycles. The van der Waals surface area contributed by atoms with Crippen LogP contribution >= 0.6 is 0 Å². The first-order valence-corrected chi connectivity index (χ1v) is 13.4. The molecule has 2 atom stereocenters. The van der Waals surface area contributed by atoms with Crippen LogP contribution in [0.4, 0.5) is 16.3 Å². The highest BCUT2D eigenvalue weighted by Crippen LogP contribution is 2.36. The van der Waals surface area contributed by atoms with Crippen LogP contribution in [0.1, 0.15) is 52.9 Å². The maximum Gasteiger partial charge on any atom is 0.407 e. The number of carbonyl (C=O) groups is 2. The topological polar surface area (TPSA) is 95.4 Å². The van der Waals surface area contributed by atoms with Crippen LogP contribution in [-0.2, 0) is 14.3 Å². The lowest BCUT2D eigenvalue weighted by molar-refractivity contribution is -0.120. The molecular formula is C27H42N4O5. The third-order valence-electron chi connectivity index (χ3n) is 7.88. The first kappa shape index (κ1) is 26.7. The number of anilines is 2. The molecule has 4 heterocycles. The Hall–Kier alpha value is -2.39. The van der Waals surface area contributed by atoms with Gasteiger partial charge in [-0.15, -0.1) is 0 Å². The smallest absolute Gasteiger partial charge is 0.407 e. The molecule has 0 aliphatic carbocycles. The molecule has 200 valence electrons. The minimum absolute atomic E-state index is 0.0805. The van der Waals surface area contributed by atoms with Crippen molar-refractivity contribution in [3.05, 3.63) is 18.3 Å². The maximum atomic E-state index is 13.6. The van der Waals surface area contributed by atoms with Crippen molar-refractivity contribution in [3.63, 3.8) is 0 Å². The van der Waals surface area contributed by atoms with Gasteiger partial charge < -0.3 is 29.3 Å². The molecule has 2 amide bonds. The minimum Gasteiger partial charge on any atom is -0.465 e. The van der Waals surface area contributed by atoms with Gasteiger partial charge in [-0.2, -0.15) is 0 Å². The summed E-state index contributed by atoms with van der Waals surface area (Å²) < 4.78 is 10.9. The van der Waals surface area contributed by atoms with Crippen LogP contribution in [-0.4, -0.2) is 85.6 Å². The number of hydrogen-bond acceptors (Lipinski definition) is 6. The van der Waals surface area contributed by atoms with E-state index >= 15 is 0 Å². The first-order chi connectivity index (χ1) is 17.2. The lowest BCUT2D eigenvalue weighted by atomic mass is 9.77. The fourth-order valence-electron chi connectivity index (χ4n) is 5.69. The second-order valence-electron chi connectivity index (χ2n) is 11.5. The van der Waals surface area contributed by atoms with Gasteiger partial charge in [-0.1, -0.05) is 20.8 Å². The van der Waals surface area contributed by atoms with Gasteiger partial charge in [0.1, 0.15) is 5.82 Å². The molecule has 0 radical (unpaired) electrons. The Labute approximate surface area is 214 Å². The van der Waals surface area contributed by atoms with E-state index in [1.165, 1.54) is 0 Å². The van der Waals surface area contributed by atoms with Crippen LogP contribution in [0.25, 0.3) is 0 Å². The molecule has 2 unspecified atom stereocenters. The predicted molar refractivity (Wildman–Crippen MR) is 138 cm³/mol. The zero-order valence-corrected chi connectivity index (χ0v) is 22.0. The zero-order chi connectivity index (χ0) is 25.7. The summed E-state index contributed by atoms with van der Waals surface area (Å²) >= 11 is 0. The molecule has 3 fully saturated rings. The van der Waals surface area contributed by atoms with Crippen LogP contribution in [0.5, 0.6) is 0 Å². The fraction of sp³-hybridized carbons (Fsp3) is 0.741. The van der Waals surface area contributed by atoms with Crippen molar-refractivity contribution in [3.8, 4) is 0 Å². The van der Waals surface area contributed by atoms with E-state index in [1.54, 1.807) is 4.90 Å². The van der Waals surface area contributed by atoms with E-state index in [-0.39, 0.29) is 23.3 Å². The van der Waals surface area contributed by atoms with E-state index in [9.17, 15) is 14.7 Å². The Morgan fingerprint density at radius 2 is 1.72 bits per heavy atom. The van der Waals surface area contributed by atoms with E-state index in [1.807, 2.05) is 23.2 Å². The SMILES string of the molecule is CC(C)(C)C1CC(CN(C(=O)CC2CCOCC2)c2ccc(N3CCOCC3)nc2)CCN1C(=O)O. The number of hydrogen-bond donors (Lipinski definition) is 1. The van der Waals surface area contributed by atoms with Gasteiger partial charge in [-0.05, 0) is 55.1 Å². The third kappa shape index (κ3) is 6.68. The molecule has 0 saturated carbocycles. The quantitative estimate of drug-likeness (QED) is 0.631. The standard InChI is InChI=1S/C27H42N4O5/c1-27(2,3)23-16-21(6-9-30(23)26(33)34)19-31(25(32)17-20-7-12-35-13-8-20)22-4-5-24(28-18-22)29-10-14-36-15-11-29/h4-5,18,20-21,23H,6-17,19H2,1-3H3,(H,33,34). The molecule has 9 nitrogen and oxygen atoms in total. The summed E-state index contributed by atoms with van der Waals surface area (Å²) in [7, 11) is 0. The van der Waals surface area contributed by atoms with Crippen molar-refractivity contribution < 1.29 is 24.2 Å². The summed E-state index contributed by atoms with van der Waals surface area (Å²) in [5.41, 5.74) is 0.645. The number of likely N-dealkylation sites (tertiary alicyclic amines) is 1. The first-order valence-electron chi connectivity index (χ1n) is 13.4. The molecule has 1 N–H and O–H groups in total. The molecule has 3 aliphatic rings.